The first-order valence-corrected chi connectivity index (χ1v) is 9.38. The van der Waals surface area contributed by atoms with Gasteiger partial charge in [0, 0.05) is 5.41 Å². The molecule has 0 unspecified atom stereocenters. The van der Waals surface area contributed by atoms with E-state index in [1.54, 1.807) is 0 Å². The molecule has 4 heteroatoms. The minimum Gasteiger partial charge on any atom is -0.236 e. The number of hydrogen-bond acceptors (Lipinski definition) is 0. The van der Waals surface area contributed by atoms with E-state index >= 15 is 0 Å². The second kappa shape index (κ2) is 6.62. The molecule has 140 valence electrons. The molecule has 0 N–H and O–H groups in total. The van der Waals surface area contributed by atoms with Crippen LogP contribution in [0.3, 0.4) is 0 Å². The van der Waals surface area contributed by atoms with Gasteiger partial charge in [0.25, 0.3) is 0 Å². The molecule has 0 aliphatic carbocycles. The van der Waals surface area contributed by atoms with Crippen LogP contribution in [0.4, 0.5) is 0 Å². The third-order valence-electron chi connectivity index (χ3n) is 4.08. The molecule has 0 saturated carbocycles. The summed E-state index contributed by atoms with van der Waals surface area (Å²) in [6.07, 6.45) is 13.5. The number of nitrogens with zero attached hydrogens (tertiary/aromatic N) is 4. The number of rotatable bonds is 4. The summed E-state index contributed by atoms with van der Waals surface area (Å²) in [6.45, 7) is 22.6. The van der Waals surface area contributed by atoms with Crippen molar-refractivity contribution >= 4 is 0 Å². The SMILES string of the molecule is CC(C)(C)C[n+]1ccn(C(n2cc[n+](CC(C)(C)C)c2)C(C)(C)C)c1. The third-order valence-corrected chi connectivity index (χ3v) is 4.08. The van der Waals surface area contributed by atoms with E-state index in [1.807, 2.05) is 0 Å². The first kappa shape index (κ1) is 19.7. The lowest BCUT2D eigenvalue weighted by atomic mass is 9.92. The Labute approximate surface area is 154 Å². The van der Waals surface area contributed by atoms with Crippen LogP contribution in [0.2, 0.25) is 0 Å². The molecular weight excluding hydrogens is 308 g/mol. The van der Waals surface area contributed by atoms with Crippen LogP contribution in [0.25, 0.3) is 0 Å². The maximum atomic E-state index is 2.34. The highest BCUT2D eigenvalue weighted by atomic mass is 15.3. The number of imidazole rings is 2. The average molecular weight is 347 g/mol. The van der Waals surface area contributed by atoms with E-state index in [9.17, 15) is 0 Å². The second-order valence-corrected chi connectivity index (χ2v) is 10.9. The van der Waals surface area contributed by atoms with E-state index in [-0.39, 0.29) is 22.4 Å². The molecule has 2 heterocycles. The van der Waals surface area contributed by atoms with E-state index in [0.717, 1.165) is 13.1 Å². The van der Waals surface area contributed by atoms with Gasteiger partial charge in [0.2, 0.25) is 18.8 Å². The van der Waals surface area contributed by atoms with Gasteiger partial charge in [-0.2, -0.15) is 9.13 Å². The van der Waals surface area contributed by atoms with Crippen LogP contribution >= 0.6 is 0 Å². The predicted octanol–water partition coefficient (Wildman–Crippen LogP) is 4.05. The van der Waals surface area contributed by atoms with E-state index in [0.29, 0.717) is 0 Å². The molecule has 0 atom stereocenters. The monoisotopic (exact) mass is 346 g/mol. The predicted molar refractivity (Wildman–Crippen MR) is 102 cm³/mol. The zero-order valence-corrected chi connectivity index (χ0v) is 17.7. The zero-order valence-electron chi connectivity index (χ0n) is 17.7. The molecular formula is C21H38N4+2. The molecule has 0 radical (unpaired) electrons. The quantitative estimate of drug-likeness (QED) is 0.743. The summed E-state index contributed by atoms with van der Waals surface area (Å²) in [7, 11) is 0. The van der Waals surface area contributed by atoms with Crippen LogP contribution in [0.15, 0.2) is 37.4 Å². The fraction of sp³-hybridized carbons (Fsp3) is 0.714. The van der Waals surface area contributed by atoms with Crippen molar-refractivity contribution in [2.24, 2.45) is 16.2 Å². The molecule has 0 aromatic carbocycles. The van der Waals surface area contributed by atoms with Gasteiger partial charge >= 0.3 is 0 Å². The highest BCUT2D eigenvalue weighted by Crippen LogP contribution is 2.31. The highest BCUT2D eigenvalue weighted by molar-refractivity contribution is 4.88. The van der Waals surface area contributed by atoms with Crippen molar-refractivity contribution in [2.75, 3.05) is 0 Å². The summed E-state index contributed by atoms with van der Waals surface area (Å²) in [6, 6.07) is 0. The maximum absolute atomic E-state index is 2.34. The molecule has 4 nitrogen and oxygen atoms in total. The van der Waals surface area contributed by atoms with Crippen molar-refractivity contribution in [3.05, 3.63) is 37.4 Å². The lowest BCUT2D eigenvalue weighted by Gasteiger charge is -2.24. The van der Waals surface area contributed by atoms with Crippen molar-refractivity contribution in [3.8, 4) is 0 Å². The topological polar surface area (TPSA) is 17.6 Å². The maximum Gasteiger partial charge on any atom is 0.247 e. The van der Waals surface area contributed by atoms with Gasteiger partial charge in [0.15, 0.2) is 0 Å². The zero-order chi connectivity index (χ0) is 19.0. The van der Waals surface area contributed by atoms with Gasteiger partial charge in [-0.25, -0.2) is 9.13 Å². The Hall–Kier alpha value is -1.58. The van der Waals surface area contributed by atoms with E-state index in [1.165, 1.54) is 0 Å². The normalized spacial score (nSPS) is 13.7. The fourth-order valence-corrected chi connectivity index (χ4v) is 3.44. The Morgan fingerprint density at radius 1 is 0.680 bits per heavy atom. The highest BCUT2D eigenvalue weighted by Gasteiger charge is 2.36. The van der Waals surface area contributed by atoms with Crippen LogP contribution in [0, 0.1) is 16.2 Å². The summed E-state index contributed by atoms with van der Waals surface area (Å²) in [4.78, 5) is 0. The first-order valence-electron chi connectivity index (χ1n) is 9.38. The van der Waals surface area contributed by atoms with Gasteiger partial charge in [-0.15, -0.1) is 0 Å². The summed E-state index contributed by atoms with van der Waals surface area (Å²) in [5.74, 6) is 0. The smallest absolute Gasteiger partial charge is 0.236 e. The molecule has 0 amide bonds. The van der Waals surface area contributed by atoms with Crippen LogP contribution in [0.5, 0.6) is 0 Å². The lowest BCUT2D eigenvalue weighted by Crippen LogP contribution is -2.40. The minimum atomic E-state index is 0.108. The summed E-state index contributed by atoms with van der Waals surface area (Å²) < 4.78 is 9.28. The van der Waals surface area contributed by atoms with Gasteiger partial charge in [-0.3, -0.25) is 0 Å². The van der Waals surface area contributed by atoms with Gasteiger partial charge in [-0.05, 0) is 10.8 Å². The number of aromatic nitrogens is 4. The Kier molecular flexibility index (Phi) is 5.23. The molecule has 25 heavy (non-hydrogen) atoms. The Morgan fingerprint density at radius 3 is 1.32 bits per heavy atom. The van der Waals surface area contributed by atoms with Crippen LogP contribution in [-0.4, -0.2) is 9.13 Å². The molecule has 0 bridgehead atoms. The Morgan fingerprint density at radius 2 is 1.04 bits per heavy atom. The molecule has 2 aromatic heterocycles. The first-order chi connectivity index (χ1) is 11.2. The molecule has 0 fully saturated rings. The molecule has 2 rings (SSSR count). The molecule has 0 aliphatic rings. The lowest BCUT2D eigenvalue weighted by molar-refractivity contribution is -0.708. The van der Waals surface area contributed by atoms with E-state index < -0.39 is 0 Å². The van der Waals surface area contributed by atoms with Crippen molar-refractivity contribution in [2.45, 2.75) is 81.6 Å². The summed E-state index contributed by atoms with van der Waals surface area (Å²) in [5, 5.41) is 0. The minimum absolute atomic E-state index is 0.108. The van der Waals surface area contributed by atoms with Crippen molar-refractivity contribution < 1.29 is 9.13 Å². The van der Waals surface area contributed by atoms with E-state index in [2.05, 4.69) is 118 Å². The van der Waals surface area contributed by atoms with Gasteiger partial charge in [-0.1, -0.05) is 62.3 Å². The van der Waals surface area contributed by atoms with Crippen molar-refractivity contribution in [1.29, 1.82) is 0 Å². The van der Waals surface area contributed by atoms with Crippen molar-refractivity contribution in [3.63, 3.8) is 0 Å². The second-order valence-electron chi connectivity index (χ2n) is 10.9. The number of hydrogen-bond donors (Lipinski definition) is 0. The Bertz CT molecular complexity index is 632. The van der Waals surface area contributed by atoms with E-state index in [4.69, 9.17) is 0 Å². The van der Waals surface area contributed by atoms with Crippen LogP contribution < -0.4 is 9.13 Å². The van der Waals surface area contributed by atoms with Crippen LogP contribution in [0.1, 0.15) is 68.5 Å². The average Bonchev–Trinajstić information content (AvgIpc) is 2.94. The standard InChI is InChI=1S/C21H38N4/c1-19(2,3)14-22-10-12-24(16-22)18(21(7,8)9)25-13-11-23(17-25)15-20(4,5)6/h10-13,16-18H,14-15H2,1-9H3/q+2. The molecule has 0 aliphatic heterocycles. The van der Waals surface area contributed by atoms with Crippen molar-refractivity contribution in [1.82, 2.24) is 9.13 Å². The molecule has 2 aromatic rings. The third kappa shape index (κ3) is 5.72. The summed E-state index contributed by atoms with van der Waals surface area (Å²) >= 11 is 0. The molecule has 0 spiro atoms. The van der Waals surface area contributed by atoms with Gasteiger partial charge < -0.3 is 0 Å². The van der Waals surface area contributed by atoms with Gasteiger partial charge in [0.1, 0.15) is 24.8 Å². The van der Waals surface area contributed by atoms with Crippen LogP contribution in [-0.2, 0) is 13.1 Å². The van der Waals surface area contributed by atoms with Gasteiger partial charge in [0.05, 0.1) is 13.1 Å². The summed E-state index contributed by atoms with van der Waals surface area (Å²) in [5.41, 5.74) is 0.658. The fourth-order valence-electron chi connectivity index (χ4n) is 3.44. The largest absolute Gasteiger partial charge is 0.247 e. The Balaban J connectivity index is 2.32. The molecule has 0 saturated heterocycles.